The number of hydrogen-bond acceptors (Lipinski definition) is 7. The van der Waals surface area contributed by atoms with E-state index in [1.807, 2.05) is 36.6 Å². The van der Waals surface area contributed by atoms with E-state index >= 15 is 0 Å². The highest BCUT2D eigenvalue weighted by atomic mass is 32.2. The van der Waals surface area contributed by atoms with Gasteiger partial charge in [0, 0.05) is 11.6 Å². The minimum atomic E-state index is -1.63. The minimum Gasteiger partial charge on any atom is -0.504 e. The molecule has 2 aliphatic rings. The molecule has 2 aromatic rings. The zero-order chi connectivity index (χ0) is 24.5. The van der Waals surface area contributed by atoms with Crippen molar-refractivity contribution >= 4 is 29.5 Å². The maximum Gasteiger partial charge on any atom is 0.324 e. The van der Waals surface area contributed by atoms with E-state index in [0.29, 0.717) is 17.9 Å². The molecule has 0 aromatic heterocycles. The van der Waals surface area contributed by atoms with Crippen molar-refractivity contribution in [3.63, 3.8) is 0 Å². The fourth-order valence-electron chi connectivity index (χ4n) is 5.11. The SMILES string of the molecule is CCOc1cccc([C@@H]2N[C@](CCSC)(C(=O)O)[C@H]3C(=O)N(Cc4ccccc4)C(=O)[C@@H]23)c1O. The second-order valence-corrected chi connectivity index (χ2v) is 9.51. The van der Waals surface area contributed by atoms with Gasteiger partial charge in [-0.15, -0.1) is 0 Å². The Morgan fingerprint density at radius 1 is 1.15 bits per heavy atom. The third-order valence-corrected chi connectivity index (χ3v) is 7.29. The van der Waals surface area contributed by atoms with Gasteiger partial charge in [-0.1, -0.05) is 42.5 Å². The Labute approximate surface area is 202 Å². The second kappa shape index (κ2) is 9.68. The van der Waals surface area contributed by atoms with Crippen molar-refractivity contribution in [1.29, 1.82) is 0 Å². The third-order valence-electron chi connectivity index (χ3n) is 6.68. The number of imide groups is 1. The number of benzene rings is 2. The normalized spacial score (nSPS) is 26.1. The molecule has 3 N–H and O–H groups in total. The number of carbonyl (C=O) groups is 3. The van der Waals surface area contributed by atoms with Crippen LogP contribution in [0.5, 0.6) is 11.5 Å². The molecule has 2 aliphatic heterocycles. The molecule has 4 atom stereocenters. The summed E-state index contributed by atoms with van der Waals surface area (Å²) >= 11 is 1.47. The number of thioether (sulfide) groups is 1. The van der Waals surface area contributed by atoms with E-state index in [1.54, 1.807) is 25.1 Å². The molecular formula is C25H28N2O6S. The van der Waals surface area contributed by atoms with Crippen molar-refractivity contribution in [3.05, 3.63) is 59.7 Å². The van der Waals surface area contributed by atoms with Crippen LogP contribution >= 0.6 is 11.8 Å². The quantitative estimate of drug-likeness (QED) is 0.466. The van der Waals surface area contributed by atoms with Crippen LogP contribution in [0.15, 0.2) is 48.5 Å². The van der Waals surface area contributed by atoms with E-state index in [9.17, 15) is 24.6 Å². The fourth-order valence-corrected chi connectivity index (χ4v) is 5.64. The van der Waals surface area contributed by atoms with Crippen LogP contribution in [0, 0.1) is 11.8 Å². The minimum absolute atomic E-state index is 0.0709. The number of rotatable bonds is 9. The van der Waals surface area contributed by atoms with E-state index in [1.165, 1.54) is 16.7 Å². The lowest BCUT2D eigenvalue weighted by Crippen LogP contribution is -2.56. The molecule has 0 spiro atoms. The fraction of sp³-hybridized carbons (Fsp3) is 0.400. The first kappa shape index (κ1) is 24.1. The highest BCUT2D eigenvalue weighted by molar-refractivity contribution is 7.98. The highest BCUT2D eigenvalue weighted by Gasteiger charge is 2.68. The molecule has 34 heavy (non-hydrogen) atoms. The topological polar surface area (TPSA) is 116 Å². The number of phenols is 1. The number of ether oxygens (including phenoxy) is 1. The maximum atomic E-state index is 13.6. The average molecular weight is 485 g/mol. The Kier molecular flexibility index (Phi) is 6.86. The summed E-state index contributed by atoms with van der Waals surface area (Å²) in [5, 5.41) is 24.4. The molecule has 0 bridgehead atoms. The lowest BCUT2D eigenvalue weighted by atomic mass is 9.78. The van der Waals surface area contributed by atoms with E-state index in [2.05, 4.69) is 5.32 Å². The van der Waals surface area contributed by atoms with Crippen molar-refractivity contribution in [2.75, 3.05) is 18.6 Å². The van der Waals surface area contributed by atoms with Crippen LogP contribution in [0.3, 0.4) is 0 Å². The number of nitrogens with zero attached hydrogens (tertiary/aromatic N) is 1. The predicted molar refractivity (Wildman–Crippen MR) is 127 cm³/mol. The summed E-state index contributed by atoms with van der Waals surface area (Å²) in [6, 6.07) is 13.2. The number of phenolic OH excluding ortho intramolecular Hbond substituents is 1. The summed E-state index contributed by atoms with van der Waals surface area (Å²) in [6.07, 6.45) is 2.02. The Balaban J connectivity index is 1.81. The van der Waals surface area contributed by atoms with E-state index < -0.39 is 41.2 Å². The number of likely N-dealkylation sites (tertiary alicyclic amines) is 1. The summed E-state index contributed by atoms with van der Waals surface area (Å²) < 4.78 is 5.50. The molecule has 0 aliphatic carbocycles. The van der Waals surface area contributed by atoms with E-state index in [4.69, 9.17) is 4.74 Å². The molecule has 8 nitrogen and oxygen atoms in total. The number of amides is 2. The summed E-state index contributed by atoms with van der Waals surface area (Å²) in [7, 11) is 0. The molecule has 180 valence electrons. The predicted octanol–water partition coefficient (Wildman–Crippen LogP) is 2.81. The number of hydrogen-bond donors (Lipinski definition) is 3. The van der Waals surface area contributed by atoms with Gasteiger partial charge in [0.2, 0.25) is 11.8 Å². The van der Waals surface area contributed by atoms with Crippen LogP contribution in [-0.2, 0) is 20.9 Å². The van der Waals surface area contributed by atoms with Crippen LogP contribution in [-0.4, -0.2) is 57.1 Å². The largest absolute Gasteiger partial charge is 0.504 e. The molecule has 4 rings (SSSR count). The molecule has 2 saturated heterocycles. The van der Waals surface area contributed by atoms with Gasteiger partial charge in [-0.05, 0) is 37.0 Å². The average Bonchev–Trinajstić information content (AvgIpc) is 3.30. The molecule has 2 aromatic carbocycles. The van der Waals surface area contributed by atoms with Crippen LogP contribution in [0.25, 0.3) is 0 Å². The first-order chi connectivity index (χ1) is 16.4. The standard InChI is InChI=1S/C25H28N2O6S/c1-3-33-17-11-7-10-16(21(17)28)20-18-19(25(26-20,24(31)32)12-13-34-2)23(30)27(22(18)29)14-15-8-5-4-6-9-15/h4-11,18-20,26,28H,3,12-14H2,1-2H3,(H,31,32)/t18-,19-,20+,25+/m1/s1. The molecular weight excluding hydrogens is 456 g/mol. The molecule has 2 fully saturated rings. The third kappa shape index (κ3) is 3.92. The van der Waals surface area contributed by atoms with Crippen molar-refractivity contribution in [2.45, 2.75) is 31.5 Å². The molecule has 0 unspecified atom stereocenters. The number of para-hydroxylation sites is 1. The molecule has 0 saturated carbocycles. The van der Waals surface area contributed by atoms with Crippen LogP contribution in [0.4, 0.5) is 0 Å². The van der Waals surface area contributed by atoms with Gasteiger partial charge in [-0.2, -0.15) is 11.8 Å². The van der Waals surface area contributed by atoms with Gasteiger partial charge >= 0.3 is 5.97 Å². The second-order valence-electron chi connectivity index (χ2n) is 8.52. The molecule has 0 radical (unpaired) electrons. The van der Waals surface area contributed by atoms with Gasteiger partial charge in [0.25, 0.3) is 0 Å². The monoisotopic (exact) mass is 484 g/mol. The number of fused-ring (bicyclic) bond motifs is 1. The first-order valence-corrected chi connectivity index (χ1v) is 12.6. The highest BCUT2D eigenvalue weighted by Crippen LogP contribution is 2.52. The van der Waals surface area contributed by atoms with Crippen molar-refractivity contribution in [2.24, 2.45) is 11.8 Å². The van der Waals surface area contributed by atoms with Gasteiger partial charge < -0.3 is 14.9 Å². The Bertz CT molecular complexity index is 1090. The molecule has 2 amide bonds. The van der Waals surface area contributed by atoms with Gasteiger partial charge in [0.05, 0.1) is 25.0 Å². The summed E-state index contributed by atoms with van der Waals surface area (Å²) in [4.78, 5) is 41.1. The Morgan fingerprint density at radius 2 is 1.88 bits per heavy atom. The van der Waals surface area contributed by atoms with Gasteiger partial charge in [-0.25, -0.2) is 0 Å². The number of aliphatic carboxylic acids is 1. The molecule has 9 heteroatoms. The van der Waals surface area contributed by atoms with Crippen molar-refractivity contribution in [1.82, 2.24) is 10.2 Å². The zero-order valence-electron chi connectivity index (χ0n) is 19.1. The van der Waals surface area contributed by atoms with Gasteiger partial charge in [0.1, 0.15) is 5.54 Å². The summed E-state index contributed by atoms with van der Waals surface area (Å²) in [5.74, 6) is -3.60. The summed E-state index contributed by atoms with van der Waals surface area (Å²) in [5.41, 5.74) is -0.513. The van der Waals surface area contributed by atoms with Crippen molar-refractivity contribution in [3.8, 4) is 11.5 Å². The smallest absolute Gasteiger partial charge is 0.324 e. The number of nitrogens with one attached hydrogen (secondary N) is 1. The van der Waals surface area contributed by atoms with Crippen LogP contribution < -0.4 is 10.1 Å². The van der Waals surface area contributed by atoms with Gasteiger partial charge in [0.15, 0.2) is 11.5 Å². The lowest BCUT2D eigenvalue weighted by molar-refractivity contribution is -0.151. The summed E-state index contributed by atoms with van der Waals surface area (Å²) in [6.45, 7) is 2.19. The maximum absolute atomic E-state index is 13.6. The first-order valence-electron chi connectivity index (χ1n) is 11.2. The van der Waals surface area contributed by atoms with Crippen LogP contribution in [0.1, 0.15) is 30.5 Å². The lowest BCUT2D eigenvalue weighted by Gasteiger charge is -2.31. The Hall–Kier alpha value is -3.04. The number of aromatic hydroxyl groups is 1. The van der Waals surface area contributed by atoms with Crippen LogP contribution in [0.2, 0.25) is 0 Å². The number of carboxylic acid groups (broad SMARTS) is 1. The number of carbonyl (C=O) groups excluding carboxylic acids is 2. The van der Waals surface area contributed by atoms with E-state index in [-0.39, 0.29) is 24.5 Å². The van der Waals surface area contributed by atoms with E-state index in [0.717, 1.165) is 5.56 Å². The zero-order valence-corrected chi connectivity index (χ0v) is 19.9. The Morgan fingerprint density at radius 3 is 2.53 bits per heavy atom. The molecule has 2 heterocycles. The van der Waals surface area contributed by atoms with Gasteiger partial charge in [-0.3, -0.25) is 24.6 Å². The van der Waals surface area contributed by atoms with Crippen molar-refractivity contribution < 1.29 is 29.3 Å². The number of carboxylic acids is 1.